The Morgan fingerprint density at radius 2 is 1.70 bits per heavy atom. The van der Waals surface area contributed by atoms with Crippen molar-refractivity contribution in [3.8, 4) is 5.75 Å². The minimum absolute atomic E-state index is 0.0346. The van der Waals surface area contributed by atoms with Gasteiger partial charge in [0.05, 0.1) is 7.11 Å². The second-order valence-electron chi connectivity index (χ2n) is 12.7. The number of nitrogens with zero attached hydrogens (tertiary/aromatic N) is 3. The topological polar surface area (TPSA) is 164 Å². The Kier molecular flexibility index (Phi) is 13.9. The molecule has 3 heterocycles. The highest BCUT2D eigenvalue weighted by Crippen LogP contribution is 2.16. The van der Waals surface area contributed by atoms with Crippen molar-refractivity contribution in [2.75, 3.05) is 20.2 Å². The predicted molar refractivity (Wildman–Crippen MR) is 188 cm³/mol. The molecule has 50 heavy (non-hydrogen) atoms. The van der Waals surface area contributed by atoms with Gasteiger partial charge >= 0.3 is 0 Å². The largest absolute Gasteiger partial charge is 0.497 e. The standard InChI is InChI=1S/C37H49N7O6/c1-5-25(2)33-37(49)41-31(23-27-11-15-30(50-4)16-12-27)36(48)40-26(3)34(46)38-18-6-7-20-43(32(45)17-22-44-21-8-19-39-44)24-28-9-13-29(14-10-28)35(47)42-33/h8-16,19,21,25-26,31,33H,5-7,17-18,20,22-24H2,1-4H3,(H,38,46)(H,40,48)(H,41,49)(H,42,47)/t25-,26+,31-,33?/m0/s1. The van der Waals surface area contributed by atoms with Crippen molar-refractivity contribution in [3.63, 3.8) is 0 Å². The van der Waals surface area contributed by atoms with E-state index in [9.17, 15) is 24.0 Å². The Morgan fingerprint density at radius 1 is 0.960 bits per heavy atom. The number of methoxy groups -OCH3 is 1. The zero-order valence-corrected chi connectivity index (χ0v) is 29.3. The summed E-state index contributed by atoms with van der Waals surface area (Å²) in [6, 6.07) is 13.1. The minimum atomic E-state index is -1.03. The van der Waals surface area contributed by atoms with E-state index >= 15 is 0 Å². The number of aryl methyl sites for hydroxylation is 1. The van der Waals surface area contributed by atoms with E-state index in [2.05, 4.69) is 26.4 Å². The summed E-state index contributed by atoms with van der Waals surface area (Å²) in [7, 11) is 1.56. The van der Waals surface area contributed by atoms with Crippen molar-refractivity contribution in [2.24, 2.45) is 5.92 Å². The summed E-state index contributed by atoms with van der Waals surface area (Å²) in [5, 5.41) is 15.5. The van der Waals surface area contributed by atoms with Crippen molar-refractivity contribution in [1.29, 1.82) is 0 Å². The molecule has 4 N–H and O–H groups in total. The summed E-state index contributed by atoms with van der Waals surface area (Å²) in [5.41, 5.74) is 1.99. The summed E-state index contributed by atoms with van der Waals surface area (Å²) >= 11 is 0. The van der Waals surface area contributed by atoms with Crippen LogP contribution in [0.2, 0.25) is 0 Å². The second kappa shape index (κ2) is 18.5. The van der Waals surface area contributed by atoms with Crippen molar-refractivity contribution >= 4 is 29.5 Å². The Hall–Kier alpha value is -5.20. The van der Waals surface area contributed by atoms with Crippen LogP contribution in [0.15, 0.2) is 67.0 Å². The molecule has 5 rings (SSSR count). The van der Waals surface area contributed by atoms with Crippen molar-refractivity contribution in [1.82, 2.24) is 35.9 Å². The molecular formula is C37H49N7O6. The molecule has 0 aliphatic carbocycles. The van der Waals surface area contributed by atoms with Gasteiger partial charge < -0.3 is 30.9 Å². The van der Waals surface area contributed by atoms with Gasteiger partial charge in [-0.05, 0) is 67.1 Å². The monoisotopic (exact) mass is 687 g/mol. The molecule has 13 heteroatoms. The molecule has 1 unspecified atom stereocenters. The molecule has 2 aromatic carbocycles. The van der Waals surface area contributed by atoms with Gasteiger partial charge in [0.1, 0.15) is 23.9 Å². The molecule has 0 spiro atoms. The number of aromatic nitrogens is 2. The van der Waals surface area contributed by atoms with E-state index in [-0.39, 0.29) is 30.6 Å². The quantitative estimate of drug-likeness (QED) is 0.265. The third kappa shape index (κ3) is 10.9. The van der Waals surface area contributed by atoms with Crippen LogP contribution in [-0.4, -0.2) is 82.5 Å². The first kappa shape index (κ1) is 37.6. The van der Waals surface area contributed by atoms with Gasteiger partial charge in [0.25, 0.3) is 5.91 Å². The Bertz CT molecular complexity index is 1580. The normalized spacial score (nSPS) is 20.5. The van der Waals surface area contributed by atoms with Crippen molar-refractivity contribution in [3.05, 3.63) is 83.7 Å². The number of benzene rings is 2. The fraction of sp³-hybridized carbons (Fsp3) is 0.459. The van der Waals surface area contributed by atoms with Crippen LogP contribution in [-0.2, 0) is 38.7 Å². The number of ether oxygens (including phenoxy) is 1. The number of carbonyl (C=O) groups excluding carboxylic acids is 5. The molecule has 0 saturated carbocycles. The lowest BCUT2D eigenvalue weighted by Gasteiger charge is -2.27. The van der Waals surface area contributed by atoms with Gasteiger partial charge in [-0.1, -0.05) is 44.5 Å². The zero-order valence-electron chi connectivity index (χ0n) is 29.3. The van der Waals surface area contributed by atoms with Crippen LogP contribution < -0.4 is 26.0 Å². The van der Waals surface area contributed by atoms with Gasteiger partial charge in [-0.3, -0.25) is 28.7 Å². The highest BCUT2D eigenvalue weighted by atomic mass is 16.5. The summed E-state index contributed by atoms with van der Waals surface area (Å²) in [5.74, 6) is -1.48. The fourth-order valence-corrected chi connectivity index (χ4v) is 5.64. The van der Waals surface area contributed by atoms with Crippen LogP contribution in [0.1, 0.15) is 67.9 Å². The number of amides is 5. The van der Waals surface area contributed by atoms with Gasteiger partial charge in [-0.2, -0.15) is 5.10 Å². The number of hydrogen-bond acceptors (Lipinski definition) is 7. The summed E-state index contributed by atoms with van der Waals surface area (Å²) in [6.07, 6.45) is 5.75. The molecule has 0 saturated heterocycles. The lowest BCUT2D eigenvalue weighted by molar-refractivity contribution is -0.133. The fourth-order valence-electron chi connectivity index (χ4n) is 5.64. The molecule has 2 bridgehead atoms. The van der Waals surface area contributed by atoms with Gasteiger partial charge in [-0.15, -0.1) is 0 Å². The highest BCUT2D eigenvalue weighted by Gasteiger charge is 2.31. The lowest BCUT2D eigenvalue weighted by Crippen LogP contribution is -2.58. The smallest absolute Gasteiger partial charge is 0.251 e. The van der Waals surface area contributed by atoms with E-state index in [4.69, 9.17) is 4.74 Å². The van der Waals surface area contributed by atoms with E-state index in [0.29, 0.717) is 56.8 Å². The predicted octanol–water partition coefficient (Wildman–Crippen LogP) is 2.60. The summed E-state index contributed by atoms with van der Waals surface area (Å²) in [4.78, 5) is 68.9. The average molecular weight is 688 g/mol. The van der Waals surface area contributed by atoms with Gasteiger partial charge in [0.15, 0.2) is 0 Å². The van der Waals surface area contributed by atoms with Crippen LogP contribution in [0.25, 0.3) is 0 Å². The second-order valence-corrected chi connectivity index (χ2v) is 12.7. The van der Waals surface area contributed by atoms with E-state index < -0.39 is 35.8 Å². The first-order valence-electron chi connectivity index (χ1n) is 17.2. The number of rotatable bonds is 8. The molecule has 3 aromatic rings. The van der Waals surface area contributed by atoms with Crippen LogP contribution >= 0.6 is 0 Å². The highest BCUT2D eigenvalue weighted by molar-refractivity contribution is 5.99. The minimum Gasteiger partial charge on any atom is -0.497 e. The Labute approximate surface area is 293 Å². The molecule has 4 atom stereocenters. The molecule has 2 aliphatic heterocycles. The average Bonchev–Trinajstić information content (AvgIpc) is 3.65. The molecule has 2 aliphatic rings. The summed E-state index contributed by atoms with van der Waals surface area (Å²) in [6.45, 7) is 7.00. The number of nitrogens with one attached hydrogen (secondary N) is 4. The van der Waals surface area contributed by atoms with Gasteiger partial charge in [0.2, 0.25) is 23.6 Å². The SMILES string of the molecule is CC[C@H](C)C1NC(=O)c2ccc(cc2)CN(C(=O)CCn2cccn2)CCCCNC(=O)[C@@H](C)NC(=O)[C@H](Cc2ccc(OC)cc2)NC1=O. The van der Waals surface area contributed by atoms with E-state index in [0.717, 1.165) is 11.1 Å². The molecule has 13 nitrogen and oxygen atoms in total. The van der Waals surface area contributed by atoms with Crippen LogP contribution in [0.4, 0.5) is 0 Å². The van der Waals surface area contributed by atoms with Crippen molar-refractivity contribution in [2.45, 2.75) is 84.1 Å². The third-order valence-electron chi connectivity index (χ3n) is 8.98. The lowest BCUT2D eigenvalue weighted by atomic mass is 9.96. The summed E-state index contributed by atoms with van der Waals surface area (Å²) < 4.78 is 6.96. The van der Waals surface area contributed by atoms with Crippen molar-refractivity contribution < 1.29 is 28.7 Å². The van der Waals surface area contributed by atoms with Gasteiger partial charge in [-0.25, -0.2) is 0 Å². The van der Waals surface area contributed by atoms with Crippen LogP contribution in [0.3, 0.4) is 0 Å². The molecule has 5 amide bonds. The molecule has 268 valence electrons. The first-order valence-corrected chi connectivity index (χ1v) is 17.2. The number of hydrogen-bond donors (Lipinski definition) is 4. The maximum atomic E-state index is 13.8. The van der Waals surface area contributed by atoms with Gasteiger partial charge in [0, 0.05) is 57.0 Å². The maximum absolute atomic E-state index is 13.8. The molecular weight excluding hydrogens is 638 g/mol. The Morgan fingerprint density at radius 3 is 2.36 bits per heavy atom. The zero-order chi connectivity index (χ0) is 36.0. The van der Waals surface area contributed by atoms with Crippen LogP contribution in [0, 0.1) is 5.92 Å². The van der Waals surface area contributed by atoms with E-state index in [1.165, 1.54) is 0 Å². The molecule has 0 radical (unpaired) electrons. The molecule has 0 fully saturated rings. The van der Waals surface area contributed by atoms with E-state index in [1.807, 2.05) is 26.1 Å². The van der Waals surface area contributed by atoms with Crippen LogP contribution in [0.5, 0.6) is 5.75 Å². The third-order valence-corrected chi connectivity index (χ3v) is 8.98. The first-order chi connectivity index (χ1) is 24.1. The maximum Gasteiger partial charge on any atom is 0.251 e. The Balaban J connectivity index is 1.57. The van der Waals surface area contributed by atoms with E-state index in [1.54, 1.807) is 78.3 Å². The number of carbonyl (C=O) groups is 5. The number of fused-ring (bicyclic) bond motifs is 18. The molecule has 1 aromatic heterocycles.